The Labute approximate surface area is 148 Å². The third-order valence-corrected chi connectivity index (χ3v) is 4.84. The molecule has 5 heteroatoms. The second-order valence-electron chi connectivity index (χ2n) is 5.76. The number of methoxy groups -OCH3 is 1. The molecule has 1 heterocycles. The summed E-state index contributed by atoms with van der Waals surface area (Å²) in [5.41, 5.74) is 1.18. The van der Waals surface area contributed by atoms with Gasteiger partial charge in [-0.05, 0) is 59.6 Å². The number of ether oxygens (including phenoxy) is 2. The van der Waals surface area contributed by atoms with Crippen molar-refractivity contribution in [3.8, 4) is 11.5 Å². The molecule has 1 atom stereocenters. The molecule has 23 heavy (non-hydrogen) atoms. The maximum atomic E-state index is 5.66. The van der Waals surface area contributed by atoms with Gasteiger partial charge in [0.15, 0.2) is 11.5 Å². The summed E-state index contributed by atoms with van der Waals surface area (Å²) < 4.78 is 12.0. The van der Waals surface area contributed by atoms with Crippen LogP contribution in [0.1, 0.15) is 25.3 Å². The normalized spacial score (nSPS) is 18.1. The number of likely N-dealkylation sites (tertiary alicyclic amines) is 1. The quantitative estimate of drug-likeness (QED) is 0.661. The van der Waals surface area contributed by atoms with Crippen LogP contribution in [0.15, 0.2) is 29.3 Å². The van der Waals surface area contributed by atoms with Gasteiger partial charge in [-0.15, -0.1) is 0 Å². The second-order valence-corrected chi connectivity index (χ2v) is 6.62. The largest absolute Gasteiger partial charge is 0.493 e. The Morgan fingerprint density at radius 1 is 1.48 bits per heavy atom. The first kappa shape index (κ1) is 18.3. The fraction of sp³-hybridized carbons (Fsp3) is 0.556. The van der Waals surface area contributed by atoms with E-state index in [-0.39, 0.29) is 0 Å². The van der Waals surface area contributed by atoms with Crippen LogP contribution in [0, 0.1) is 0 Å². The average Bonchev–Trinajstić information content (AvgIpc) is 3.01. The van der Waals surface area contributed by atoms with Crippen molar-refractivity contribution in [1.82, 2.24) is 10.2 Å². The predicted molar refractivity (Wildman–Crippen MR) is 98.4 cm³/mol. The molecule has 0 aromatic heterocycles. The summed E-state index contributed by atoms with van der Waals surface area (Å²) in [4.78, 5) is 2.55. The SMILES string of the molecule is C=CCOc1c(Br)cc(CNCC2CCCN2CC)cc1OC. The first-order valence-corrected chi connectivity index (χ1v) is 9.03. The highest BCUT2D eigenvalue weighted by Gasteiger charge is 2.22. The van der Waals surface area contributed by atoms with Gasteiger partial charge >= 0.3 is 0 Å². The fourth-order valence-corrected chi connectivity index (χ4v) is 3.69. The van der Waals surface area contributed by atoms with E-state index >= 15 is 0 Å². The van der Waals surface area contributed by atoms with Gasteiger partial charge in [0.25, 0.3) is 0 Å². The van der Waals surface area contributed by atoms with Gasteiger partial charge in [-0.2, -0.15) is 0 Å². The van der Waals surface area contributed by atoms with Crippen molar-refractivity contribution >= 4 is 15.9 Å². The lowest BCUT2D eigenvalue weighted by atomic mass is 10.1. The van der Waals surface area contributed by atoms with E-state index in [0.717, 1.165) is 35.6 Å². The van der Waals surface area contributed by atoms with Gasteiger partial charge < -0.3 is 14.8 Å². The topological polar surface area (TPSA) is 33.7 Å². The Balaban J connectivity index is 1.94. The second kappa shape index (κ2) is 9.30. The third kappa shape index (κ3) is 4.96. The zero-order valence-corrected chi connectivity index (χ0v) is 15.7. The van der Waals surface area contributed by atoms with Crippen molar-refractivity contribution in [2.24, 2.45) is 0 Å². The van der Waals surface area contributed by atoms with Gasteiger partial charge in [0.2, 0.25) is 0 Å². The minimum Gasteiger partial charge on any atom is -0.493 e. The number of rotatable bonds is 9. The summed E-state index contributed by atoms with van der Waals surface area (Å²) in [6.07, 6.45) is 4.33. The average molecular weight is 383 g/mol. The molecule has 1 aliphatic heterocycles. The van der Waals surface area contributed by atoms with E-state index in [1.165, 1.54) is 24.9 Å². The lowest BCUT2D eigenvalue weighted by Gasteiger charge is -2.23. The number of nitrogens with zero attached hydrogens (tertiary/aromatic N) is 1. The molecule has 1 aromatic carbocycles. The Morgan fingerprint density at radius 2 is 2.30 bits per heavy atom. The van der Waals surface area contributed by atoms with E-state index in [1.54, 1.807) is 13.2 Å². The maximum Gasteiger partial charge on any atom is 0.175 e. The van der Waals surface area contributed by atoms with Crippen LogP contribution in [-0.2, 0) is 6.54 Å². The smallest absolute Gasteiger partial charge is 0.175 e. The van der Waals surface area contributed by atoms with Crippen molar-refractivity contribution in [2.45, 2.75) is 32.4 Å². The van der Waals surface area contributed by atoms with Crippen LogP contribution < -0.4 is 14.8 Å². The monoisotopic (exact) mass is 382 g/mol. The van der Waals surface area contributed by atoms with Crippen molar-refractivity contribution in [1.29, 1.82) is 0 Å². The highest BCUT2D eigenvalue weighted by atomic mass is 79.9. The molecule has 1 fully saturated rings. The summed E-state index contributed by atoms with van der Waals surface area (Å²) in [6.45, 7) is 10.6. The summed E-state index contributed by atoms with van der Waals surface area (Å²) in [6, 6.07) is 4.78. The van der Waals surface area contributed by atoms with Crippen molar-refractivity contribution in [3.63, 3.8) is 0 Å². The molecule has 0 saturated carbocycles. The Kier molecular flexibility index (Phi) is 7.40. The zero-order chi connectivity index (χ0) is 16.7. The van der Waals surface area contributed by atoms with Crippen LogP contribution in [0.4, 0.5) is 0 Å². The first-order valence-electron chi connectivity index (χ1n) is 8.24. The van der Waals surface area contributed by atoms with Crippen LogP contribution in [0.3, 0.4) is 0 Å². The first-order chi connectivity index (χ1) is 11.2. The third-order valence-electron chi connectivity index (χ3n) is 4.25. The van der Waals surface area contributed by atoms with E-state index in [0.29, 0.717) is 12.6 Å². The summed E-state index contributed by atoms with van der Waals surface area (Å²) >= 11 is 3.57. The number of likely N-dealkylation sites (N-methyl/N-ethyl adjacent to an activating group) is 1. The molecule has 0 bridgehead atoms. The summed E-state index contributed by atoms with van der Waals surface area (Å²) in [5.74, 6) is 1.47. The Hall–Kier alpha value is -1.04. The standard InChI is InChI=1S/C18H27BrN2O2/c1-4-9-23-18-16(19)10-14(11-17(18)22-3)12-20-13-15-7-6-8-21(15)5-2/h4,10-11,15,20H,1,5-9,12-13H2,2-3H3. The minimum absolute atomic E-state index is 0.459. The Morgan fingerprint density at radius 3 is 3.00 bits per heavy atom. The zero-order valence-electron chi connectivity index (χ0n) is 14.1. The van der Waals surface area contributed by atoms with Gasteiger partial charge in [0.1, 0.15) is 6.61 Å². The molecule has 4 nitrogen and oxygen atoms in total. The molecule has 0 amide bonds. The number of hydrogen-bond acceptors (Lipinski definition) is 4. The van der Waals surface area contributed by atoms with Crippen LogP contribution >= 0.6 is 15.9 Å². The summed E-state index contributed by atoms with van der Waals surface area (Å²) in [5, 5.41) is 3.57. The molecule has 128 valence electrons. The van der Waals surface area contributed by atoms with Crippen LogP contribution in [0.25, 0.3) is 0 Å². The molecule has 1 unspecified atom stereocenters. The highest BCUT2D eigenvalue weighted by molar-refractivity contribution is 9.10. The van der Waals surface area contributed by atoms with E-state index in [9.17, 15) is 0 Å². The van der Waals surface area contributed by atoms with Crippen molar-refractivity contribution in [2.75, 3.05) is 33.4 Å². The molecule has 1 saturated heterocycles. The van der Waals surface area contributed by atoms with E-state index in [2.05, 4.69) is 45.7 Å². The van der Waals surface area contributed by atoms with Gasteiger partial charge in [-0.3, -0.25) is 4.90 Å². The van der Waals surface area contributed by atoms with Crippen LogP contribution in [0.2, 0.25) is 0 Å². The molecular formula is C18H27BrN2O2. The number of hydrogen-bond donors (Lipinski definition) is 1. The molecule has 1 aromatic rings. The lowest BCUT2D eigenvalue weighted by molar-refractivity contribution is 0.260. The Bertz CT molecular complexity index is 522. The molecular weight excluding hydrogens is 356 g/mol. The number of benzene rings is 1. The highest BCUT2D eigenvalue weighted by Crippen LogP contribution is 2.36. The van der Waals surface area contributed by atoms with E-state index in [1.807, 2.05) is 6.07 Å². The van der Waals surface area contributed by atoms with Crippen LogP contribution in [-0.4, -0.2) is 44.3 Å². The molecule has 0 spiro atoms. The van der Waals surface area contributed by atoms with Crippen molar-refractivity contribution in [3.05, 3.63) is 34.8 Å². The van der Waals surface area contributed by atoms with Gasteiger partial charge in [-0.25, -0.2) is 0 Å². The fourth-order valence-electron chi connectivity index (χ4n) is 3.08. The summed E-state index contributed by atoms with van der Waals surface area (Å²) in [7, 11) is 1.66. The minimum atomic E-state index is 0.459. The maximum absolute atomic E-state index is 5.66. The van der Waals surface area contributed by atoms with Gasteiger partial charge in [0.05, 0.1) is 11.6 Å². The van der Waals surface area contributed by atoms with Crippen LogP contribution in [0.5, 0.6) is 11.5 Å². The number of halogens is 1. The molecule has 1 aliphatic rings. The number of nitrogens with one attached hydrogen (secondary N) is 1. The molecule has 0 radical (unpaired) electrons. The van der Waals surface area contributed by atoms with Crippen molar-refractivity contribution < 1.29 is 9.47 Å². The molecule has 2 rings (SSSR count). The molecule has 0 aliphatic carbocycles. The van der Waals surface area contributed by atoms with Gasteiger partial charge in [-0.1, -0.05) is 19.6 Å². The lowest BCUT2D eigenvalue weighted by Crippen LogP contribution is -2.37. The van der Waals surface area contributed by atoms with E-state index in [4.69, 9.17) is 9.47 Å². The van der Waals surface area contributed by atoms with Gasteiger partial charge in [0, 0.05) is 19.1 Å². The van der Waals surface area contributed by atoms with E-state index < -0.39 is 0 Å². The molecule has 1 N–H and O–H groups in total. The predicted octanol–water partition coefficient (Wildman–Crippen LogP) is 3.60.